The molecule has 0 aromatic heterocycles. The third-order valence-electron chi connectivity index (χ3n) is 4.81. The number of hydrogen-bond donors (Lipinski definition) is 2. The van der Waals surface area contributed by atoms with Crippen molar-refractivity contribution in [3.8, 4) is 0 Å². The molecule has 0 atom stereocenters. The van der Waals surface area contributed by atoms with Gasteiger partial charge in [-0.3, -0.25) is 4.79 Å². The number of carbonyl (C=O) groups is 2. The number of quaternary nitrogens is 1. The number of aryl methyl sites for hydroxylation is 1. The predicted molar refractivity (Wildman–Crippen MR) is 112 cm³/mol. The van der Waals surface area contributed by atoms with Gasteiger partial charge >= 0.3 is 5.97 Å². The van der Waals surface area contributed by atoms with E-state index in [9.17, 15) is 9.59 Å². The molecule has 2 rings (SSSR count). The van der Waals surface area contributed by atoms with Gasteiger partial charge in [-0.2, -0.15) is 0 Å². The van der Waals surface area contributed by atoms with Crippen LogP contribution in [0.3, 0.4) is 0 Å². The molecule has 0 saturated carbocycles. The summed E-state index contributed by atoms with van der Waals surface area (Å²) in [5.41, 5.74) is 2.42. The van der Waals surface area contributed by atoms with E-state index in [0.717, 1.165) is 32.5 Å². The van der Waals surface area contributed by atoms with E-state index in [1.54, 1.807) is 24.3 Å². The van der Waals surface area contributed by atoms with E-state index in [4.69, 9.17) is 4.74 Å². The molecule has 0 spiro atoms. The predicted octanol–water partition coefficient (Wildman–Crippen LogP) is 2.73. The van der Waals surface area contributed by atoms with Crippen LogP contribution in [0, 0.1) is 0 Å². The number of benzene rings is 2. The summed E-state index contributed by atoms with van der Waals surface area (Å²) < 4.78 is 5.33. The van der Waals surface area contributed by atoms with Gasteiger partial charge in [-0.15, -0.1) is 0 Å². The number of likely N-dealkylation sites (N-methyl/N-ethyl adjacent to an activating group) is 1. The first-order valence-electron chi connectivity index (χ1n) is 10.1. The molecule has 28 heavy (non-hydrogen) atoms. The molecule has 5 heteroatoms. The van der Waals surface area contributed by atoms with Crippen LogP contribution in [0.25, 0.3) is 0 Å². The van der Waals surface area contributed by atoms with Crippen molar-refractivity contribution < 1.29 is 19.2 Å². The SMILES string of the molecule is CC[NH+](CC)CCOC(=O)c1ccc(NC(=O)CCCc2ccccc2)cc1. The fourth-order valence-electron chi connectivity index (χ4n) is 2.99. The third-order valence-corrected chi connectivity index (χ3v) is 4.81. The lowest BCUT2D eigenvalue weighted by molar-refractivity contribution is -0.896. The Bertz CT molecular complexity index is 725. The highest BCUT2D eigenvalue weighted by Gasteiger charge is 2.10. The van der Waals surface area contributed by atoms with Crippen LogP contribution in [0.4, 0.5) is 5.69 Å². The summed E-state index contributed by atoms with van der Waals surface area (Å²) >= 11 is 0. The van der Waals surface area contributed by atoms with Gasteiger partial charge < -0.3 is 15.0 Å². The second kappa shape index (κ2) is 11.9. The highest BCUT2D eigenvalue weighted by atomic mass is 16.5. The molecule has 0 saturated heterocycles. The van der Waals surface area contributed by atoms with Crippen LogP contribution in [0.1, 0.15) is 42.6 Å². The highest BCUT2D eigenvalue weighted by molar-refractivity contribution is 5.93. The lowest BCUT2D eigenvalue weighted by Gasteiger charge is -2.15. The molecule has 0 aliphatic heterocycles. The van der Waals surface area contributed by atoms with Gasteiger partial charge in [-0.1, -0.05) is 30.3 Å². The molecule has 1 amide bonds. The topological polar surface area (TPSA) is 59.8 Å². The minimum absolute atomic E-state index is 0.0199. The van der Waals surface area contributed by atoms with Gasteiger partial charge in [0.25, 0.3) is 0 Å². The third kappa shape index (κ3) is 7.53. The summed E-state index contributed by atoms with van der Waals surface area (Å²) in [6.45, 7) is 7.51. The Labute approximate surface area is 167 Å². The summed E-state index contributed by atoms with van der Waals surface area (Å²) in [6, 6.07) is 17.0. The molecule has 0 unspecified atom stereocenters. The van der Waals surface area contributed by atoms with Gasteiger partial charge in [0, 0.05) is 12.1 Å². The zero-order valence-corrected chi connectivity index (χ0v) is 16.9. The Hall–Kier alpha value is -2.66. The Kier molecular flexibility index (Phi) is 9.22. The fraction of sp³-hybridized carbons (Fsp3) is 0.391. The van der Waals surface area contributed by atoms with Gasteiger partial charge in [0.2, 0.25) is 5.91 Å². The lowest BCUT2D eigenvalue weighted by atomic mass is 10.1. The van der Waals surface area contributed by atoms with Crippen LogP contribution in [-0.4, -0.2) is 38.1 Å². The van der Waals surface area contributed by atoms with Gasteiger partial charge in [0.1, 0.15) is 13.2 Å². The van der Waals surface area contributed by atoms with Crippen LogP contribution in [0.2, 0.25) is 0 Å². The average molecular weight is 384 g/mol. The van der Waals surface area contributed by atoms with Crippen molar-refractivity contribution in [2.75, 3.05) is 31.6 Å². The lowest BCUT2D eigenvalue weighted by Crippen LogP contribution is -3.11. The molecule has 2 aromatic carbocycles. The molecule has 2 aromatic rings. The zero-order valence-electron chi connectivity index (χ0n) is 16.9. The molecule has 2 N–H and O–H groups in total. The Morgan fingerprint density at radius 1 is 0.964 bits per heavy atom. The normalized spacial score (nSPS) is 10.7. The van der Waals surface area contributed by atoms with Gasteiger partial charge in [0.05, 0.1) is 18.7 Å². The number of ether oxygens (including phenoxy) is 1. The van der Waals surface area contributed by atoms with Crippen molar-refractivity contribution in [1.29, 1.82) is 0 Å². The van der Waals surface area contributed by atoms with Gasteiger partial charge in [-0.25, -0.2) is 4.79 Å². The molecular weight excluding hydrogens is 352 g/mol. The van der Waals surface area contributed by atoms with Crippen LogP contribution in [-0.2, 0) is 16.0 Å². The van der Waals surface area contributed by atoms with E-state index in [1.807, 2.05) is 18.2 Å². The maximum absolute atomic E-state index is 12.1. The number of nitrogens with one attached hydrogen (secondary N) is 2. The minimum Gasteiger partial charge on any atom is -0.456 e. The number of esters is 1. The first kappa shape index (κ1) is 21.6. The molecule has 0 bridgehead atoms. The maximum Gasteiger partial charge on any atom is 0.338 e. The maximum atomic E-state index is 12.1. The van der Waals surface area contributed by atoms with Crippen molar-refractivity contribution in [2.24, 2.45) is 0 Å². The number of rotatable bonds is 11. The van der Waals surface area contributed by atoms with E-state index in [2.05, 4.69) is 31.3 Å². The molecule has 5 nitrogen and oxygen atoms in total. The van der Waals surface area contributed by atoms with E-state index in [0.29, 0.717) is 24.3 Å². The van der Waals surface area contributed by atoms with Crippen molar-refractivity contribution in [3.05, 3.63) is 65.7 Å². The Balaban J connectivity index is 1.72. The van der Waals surface area contributed by atoms with Crippen molar-refractivity contribution >= 4 is 17.6 Å². The van der Waals surface area contributed by atoms with Crippen LogP contribution in [0.5, 0.6) is 0 Å². The largest absolute Gasteiger partial charge is 0.456 e. The Morgan fingerprint density at radius 2 is 1.64 bits per heavy atom. The number of amides is 1. The molecule has 0 aliphatic carbocycles. The first-order valence-corrected chi connectivity index (χ1v) is 10.1. The standard InChI is InChI=1S/C23H30N2O3/c1-3-25(4-2)17-18-28-23(27)20-13-15-21(16-14-20)24-22(26)12-8-11-19-9-6-5-7-10-19/h5-7,9-10,13-16H,3-4,8,11-12,17-18H2,1-2H3,(H,24,26)/p+1. The summed E-state index contributed by atoms with van der Waals surface area (Å²) in [5.74, 6) is -0.347. The number of anilines is 1. The second-order valence-corrected chi connectivity index (χ2v) is 6.81. The van der Waals surface area contributed by atoms with E-state index in [-0.39, 0.29) is 11.9 Å². The van der Waals surface area contributed by atoms with E-state index in [1.165, 1.54) is 10.5 Å². The monoisotopic (exact) mass is 383 g/mol. The second-order valence-electron chi connectivity index (χ2n) is 6.81. The molecule has 150 valence electrons. The zero-order chi connectivity index (χ0) is 20.2. The average Bonchev–Trinajstić information content (AvgIpc) is 2.72. The summed E-state index contributed by atoms with van der Waals surface area (Å²) in [6.07, 6.45) is 2.15. The number of hydrogen-bond acceptors (Lipinski definition) is 3. The van der Waals surface area contributed by atoms with Crippen LogP contribution in [0.15, 0.2) is 54.6 Å². The van der Waals surface area contributed by atoms with Crippen molar-refractivity contribution in [1.82, 2.24) is 0 Å². The number of carbonyl (C=O) groups excluding carboxylic acids is 2. The molecule has 0 radical (unpaired) electrons. The molecule has 0 aliphatic rings. The quantitative estimate of drug-likeness (QED) is 0.587. The van der Waals surface area contributed by atoms with Gasteiger partial charge in [0.15, 0.2) is 0 Å². The molecular formula is C23H31N2O3+. The van der Waals surface area contributed by atoms with Crippen molar-refractivity contribution in [2.45, 2.75) is 33.1 Å². The summed E-state index contributed by atoms with van der Waals surface area (Å²) in [7, 11) is 0. The summed E-state index contributed by atoms with van der Waals surface area (Å²) in [5, 5.41) is 2.87. The van der Waals surface area contributed by atoms with E-state index >= 15 is 0 Å². The van der Waals surface area contributed by atoms with Gasteiger partial charge in [-0.05, 0) is 56.5 Å². The van der Waals surface area contributed by atoms with Crippen LogP contribution < -0.4 is 10.2 Å². The fourth-order valence-corrected chi connectivity index (χ4v) is 2.99. The molecule has 0 heterocycles. The smallest absolute Gasteiger partial charge is 0.338 e. The first-order chi connectivity index (χ1) is 13.6. The van der Waals surface area contributed by atoms with E-state index < -0.39 is 0 Å². The van der Waals surface area contributed by atoms with Crippen LogP contribution >= 0.6 is 0 Å². The Morgan fingerprint density at radius 3 is 2.29 bits per heavy atom. The highest BCUT2D eigenvalue weighted by Crippen LogP contribution is 2.12. The minimum atomic E-state index is -0.327. The summed E-state index contributed by atoms with van der Waals surface area (Å²) in [4.78, 5) is 25.6. The van der Waals surface area contributed by atoms with Crippen molar-refractivity contribution in [3.63, 3.8) is 0 Å². The molecule has 0 fully saturated rings.